The number of carbonyl (C=O) groups is 2. The Hall–Kier alpha value is -2.79. The minimum atomic E-state index is -0.380. The fraction of sp³-hybridized carbons (Fsp3) is 0.158. The molecule has 1 aliphatic rings. The molecular formula is C19H17ClN2O3. The highest BCUT2D eigenvalue weighted by Crippen LogP contribution is 2.26. The van der Waals surface area contributed by atoms with E-state index in [2.05, 4.69) is 10.1 Å². The van der Waals surface area contributed by atoms with Gasteiger partial charge in [-0.25, -0.2) is 4.79 Å². The van der Waals surface area contributed by atoms with Crippen molar-refractivity contribution in [3.8, 4) is 0 Å². The lowest BCUT2D eigenvalue weighted by atomic mass is 10.2. The van der Waals surface area contributed by atoms with Crippen LogP contribution >= 0.6 is 11.6 Å². The second kappa shape index (κ2) is 7.40. The molecule has 1 saturated heterocycles. The summed E-state index contributed by atoms with van der Waals surface area (Å²) >= 11 is 5.89. The van der Waals surface area contributed by atoms with Crippen LogP contribution < -0.4 is 10.2 Å². The highest BCUT2D eigenvalue weighted by atomic mass is 35.5. The van der Waals surface area contributed by atoms with Gasteiger partial charge in [0.2, 0.25) is 0 Å². The Morgan fingerprint density at radius 3 is 2.48 bits per heavy atom. The van der Waals surface area contributed by atoms with E-state index in [-0.39, 0.29) is 11.9 Å². The lowest BCUT2D eigenvalue weighted by Gasteiger charge is -2.15. The molecule has 0 spiro atoms. The van der Waals surface area contributed by atoms with Crippen molar-refractivity contribution in [2.24, 2.45) is 0 Å². The topological polar surface area (TPSA) is 58.6 Å². The van der Waals surface area contributed by atoms with Gasteiger partial charge in [-0.05, 0) is 55.0 Å². The van der Waals surface area contributed by atoms with Gasteiger partial charge < -0.3 is 15.0 Å². The maximum Gasteiger partial charge on any atom is 0.337 e. The number of anilines is 2. The predicted octanol–water partition coefficient (Wildman–Crippen LogP) is 3.86. The van der Waals surface area contributed by atoms with Gasteiger partial charge in [0.25, 0.3) is 5.91 Å². The monoisotopic (exact) mass is 356 g/mol. The Morgan fingerprint density at radius 1 is 1.16 bits per heavy atom. The highest BCUT2D eigenvalue weighted by molar-refractivity contribution is 6.30. The number of halogens is 1. The molecule has 0 unspecified atom stereocenters. The van der Waals surface area contributed by atoms with E-state index in [0.29, 0.717) is 29.1 Å². The molecule has 6 heteroatoms. The van der Waals surface area contributed by atoms with E-state index < -0.39 is 0 Å². The molecule has 1 amide bonds. The summed E-state index contributed by atoms with van der Waals surface area (Å²) in [5.74, 6) is -0.407. The Kier molecular flexibility index (Phi) is 5.05. The number of methoxy groups -OCH3 is 1. The predicted molar refractivity (Wildman–Crippen MR) is 97.9 cm³/mol. The summed E-state index contributed by atoms with van der Waals surface area (Å²) in [6.45, 7) is 0.634. The smallest absolute Gasteiger partial charge is 0.337 e. The largest absolute Gasteiger partial charge is 0.465 e. The van der Waals surface area contributed by atoms with Crippen LogP contribution in [0.2, 0.25) is 5.02 Å². The van der Waals surface area contributed by atoms with Crippen molar-refractivity contribution in [1.82, 2.24) is 0 Å². The van der Waals surface area contributed by atoms with Crippen molar-refractivity contribution in [1.29, 1.82) is 0 Å². The van der Waals surface area contributed by atoms with Crippen molar-refractivity contribution in [3.63, 3.8) is 0 Å². The third-order valence-electron chi connectivity index (χ3n) is 3.98. The van der Waals surface area contributed by atoms with Crippen molar-refractivity contribution in [2.75, 3.05) is 23.9 Å². The van der Waals surface area contributed by atoms with Gasteiger partial charge in [-0.1, -0.05) is 11.6 Å². The number of rotatable bonds is 4. The molecule has 1 N–H and O–H groups in total. The SMILES string of the molecule is COC(=O)c1ccc(N/C=C2\CCN(c3ccc(Cl)cc3)C2=O)cc1. The molecule has 25 heavy (non-hydrogen) atoms. The Balaban J connectivity index is 1.67. The van der Waals surface area contributed by atoms with E-state index in [0.717, 1.165) is 11.4 Å². The highest BCUT2D eigenvalue weighted by Gasteiger charge is 2.26. The van der Waals surface area contributed by atoms with Gasteiger partial charge in [-0.3, -0.25) is 4.79 Å². The maximum absolute atomic E-state index is 12.5. The first kappa shape index (κ1) is 17.0. The number of carbonyl (C=O) groups excluding carboxylic acids is 2. The molecule has 0 atom stereocenters. The molecule has 2 aromatic rings. The molecular weight excluding hydrogens is 340 g/mol. The van der Waals surface area contributed by atoms with Crippen LogP contribution in [0.4, 0.5) is 11.4 Å². The van der Waals surface area contributed by atoms with Gasteiger partial charge in [-0.15, -0.1) is 0 Å². The third kappa shape index (κ3) is 3.83. The third-order valence-corrected chi connectivity index (χ3v) is 4.23. The average Bonchev–Trinajstić information content (AvgIpc) is 3.01. The van der Waals surface area contributed by atoms with Crippen LogP contribution in [0, 0.1) is 0 Å². The summed E-state index contributed by atoms with van der Waals surface area (Å²) in [5, 5.41) is 3.74. The fourth-order valence-electron chi connectivity index (χ4n) is 2.61. The van der Waals surface area contributed by atoms with Crippen LogP contribution in [0.5, 0.6) is 0 Å². The van der Waals surface area contributed by atoms with Crippen LogP contribution in [0.1, 0.15) is 16.8 Å². The number of esters is 1. The fourth-order valence-corrected chi connectivity index (χ4v) is 2.73. The van der Waals surface area contributed by atoms with Gasteiger partial charge in [0, 0.05) is 34.7 Å². The van der Waals surface area contributed by atoms with E-state index >= 15 is 0 Å². The molecule has 3 rings (SSSR count). The zero-order valence-electron chi connectivity index (χ0n) is 13.7. The molecule has 5 nitrogen and oxygen atoms in total. The molecule has 1 heterocycles. The van der Waals surface area contributed by atoms with Gasteiger partial charge in [-0.2, -0.15) is 0 Å². The summed E-state index contributed by atoms with van der Waals surface area (Å²) in [5.41, 5.74) is 2.80. The van der Waals surface area contributed by atoms with E-state index in [1.807, 2.05) is 12.1 Å². The van der Waals surface area contributed by atoms with Gasteiger partial charge in [0.05, 0.1) is 12.7 Å². The molecule has 1 aliphatic heterocycles. The number of hydrogen-bond donors (Lipinski definition) is 1. The van der Waals surface area contributed by atoms with Crippen LogP contribution in [-0.4, -0.2) is 25.5 Å². The summed E-state index contributed by atoms with van der Waals surface area (Å²) in [7, 11) is 1.34. The number of hydrogen-bond acceptors (Lipinski definition) is 4. The first-order valence-corrected chi connectivity index (χ1v) is 8.17. The lowest BCUT2D eigenvalue weighted by Crippen LogP contribution is -2.24. The van der Waals surface area contributed by atoms with Crippen molar-refractivity contribution in [2.45, 2.75) is 6.42 Å². The second-order valence-corrected chi connectivity index (χ2v) is 6.00. The van der Waals surface area contributed by atoms with E-state index in [1.165, 1.54) is 7.11 Å². The van der Waals surface area contributed by atoms with Gasteiger partial charge in [0.15, 0.2) is 0 Å². The van der Waals surface area contributed by atoms with E-state index in [1.54, 1.807) is 47.5 Å². The van der Waals surface area contributed by atoms with E-state index in [9.17, 15) is 9.59 Å². The normalized spacial score (nSPS) is 15.5. The molecule has 0 aliphatic carbocycles. The molecule has 0 saturated carbocycles. The molecule has 0 bridgehead atoms. The Bertz CT molecular complexity index is 814. The quantitative estimate of drug-likeness (QED) is 0.667. The van der Waals surface area contributed by atoms with Crippen molar-refractivity contribution < 1.29 is 14.3 Å². The first-order chi connectivity index (χ1) is 12.1. The van der Waals surface area contributed by atoms with E-state index in [4.69, 9.17) is 11.6 Å². The molecule has 0 radical (unpaired) electrons. The van der Waals surface area contributed by atoms with Crippen LogP contribution in [0.25, 0.3) is 0 Å². The summed E-state index contributed by atoms with van der Waals surface area (Å²) in [6.07, 6.45) is 2.38. The Morgan fingerprint density at radius 2 is 1.84 bits per heavy atom. The number of ether oxygens (including phenoxy) is 1. The zero-order chi connectivity index (χ0) is 17.8. The summed E-state index contributed by atoms with van der Waals surface area (Å²) in [4.78, 5) is 25.7. The van der Waals surface area contributed by atoms with Crippen LogP contribution in [0.3, 0.4) is 0 Å². The standard InChI is InChI=1S/C19H17ClN2O3/c1-25-19(24)13-2-6-16(7-3-13)21-12-14-10-11-22(18(14)23)17-8-4-15(20)5-9-17/h2-9,12,21H,10-11H2,1H3/b14-12+. The minimum Gasteiger partial charge on any atom is -0.465 e. The zero-order valence-corrected chi connectivity index (χ0v) is 14.4. The van der Waals surface area contributed by atoms with Crippen LogP contribution in [0.15, 0.2) is 60.3 Å². The first-order valence-electron chi connectivity index (χ1n) is 7.80. The average molecular weight is 357 g/mol. The minimum absolute atomic E-state index is 0.0268. The summed E-state index contributed by atoms with van der Waals surface area (Å²) in [6, 6.07) is 14.1. The van der Waals surface area contributed by atoms with Crippen LogP contribution in [-0.2, 0) is 9.53 Å². The second-order valence-electron chi connectivity index (χ2n) is 5.57. The number of amides is 1. The van der Waals surface area contributed by atoms with Crippen molar-refractivity contribution in [3.05, 3.63) is 70.9 Å². The molecule has 2 aromatic carbocycles. The number of benzene rings is 2. The van der Waals surface area contributed by atoms with Gasteiger partial charge >= 0.3 is 5.97 Å². The number of nitrogens with one attached hydrogen (secondary N) is 1. The molecule has 128 valence electrons. The summed E-state index contributed by atoms with van der Waals surface area (Å²) < 4.78 is 4.66. The molecule has 0 aromatic heterocycles. The Labute approximate surface area is 150 Å². The molecule has 1 fully saturated rings. The van der Waals surface area contributed by atoms with Gasteiger partial charge in [0.1, 0.15) is 0 Å². The maximum atomic E-state index is 12.5. The lowest BCUT2D eigenvalue weighted by molar-refractivity contribution is -0.114. The van der Waals surface area contributed by atoms with Crippen molar-refractivity contribution >= 4 is 34.9 Å². The number of nitrogens with zero attached hydrogens (tertiary/aromatic N) is 1.